The monoisotopic (exact) mass is 340 g/mol. The second kappa shape index (κ2) is 6.88. The Bertz CT molecular complexity index is 507. The zero-order valence-electron chi connectivity index (χ0n) is 12.3. The lowest BCUT2D eigenvalue weighted by Gasteiger charge is -2.20. The van der Waals surface area contributed by atoms with Gasteiger partial charge in [-0.2, -0.15) is 0 Å². The predicted octanol–water partition coefficient (Wildman–Crippen LogP) is 2.79. The van der Waals surface area contributed by atoms with Crippen LogP contribution in [-0.2, 0) is 4.79 Å². The molecule has 0 aliphatic heterocycles. The molecule has 0 aliphatic rings. The van der Waals surface area contributed by atoms with E-state index < -0.39 is 0 Å². The summed E-state index contributed by atoms with van der Waals surface area (Å²) in [5, 5.41) is 5.59. The maximum absolute atomic E-state index is 11.9. The van der Waals surface area contributed by atoms with Crippen molar-refractivity contribution in [3.8, 4) is 0 Å². The first-order valence-electron chi connectivity index (χ1n) is 6.54. The highest BCUT2D eigenvalue weighted by Gasteiger charge is 2.13. The quantitative estimate of drug-likeness (QED) is 0.885. The lowest BCUT2D eigenvalue weighted by molar-refractivity contribution is -0.122. The molecular weight excluding hydrogens is 320 g/mol. The molecule has 0 saturated carbocycles. The van der Waals surface area contributed by atoms with Crippen LogP contribution in [-0.4, -0.2) is 23.9 Å². The third-order valence-electron chi connectivity index (χ3n) is 2.59. The summed E-state index contributed by atoms with van der Waals surface area (Å²) in [7, 11) is 0. The zero-order chi connectivity index (χ0) is 15.3. The first-order valence-corrected chi connectivity index (χ1v) is 7.34. The minimum atomic E-state index is -0.247. The molecule has 4 nitrogen and oxygen atoms in total. The van der Waals surface area contributed by atoms with Crippen molar-refractivity contribution < 1.29 is 9.59 Å². The van der Waals surface area contributed by atoms with Crippen LogP contribution < -0.4 is 10.6 Å². The van der Waals surface area contributed by atoms with Crippen LogP contribution in [0.4, 0.5) is 0 Å². The van der Waals surface area contributed by atoms with Gasteiger partial charge in [0.15, 0.2) is 0 Å². The van der Waals surface area contributed by atoms with Crippen LogP contribution in [0, 0.1) is 6.92 Å². The van der Waals surface area contributed by atoms with E-state index in [4.69, 9.17) is 0 Å². The van der Waals surface area contributed by atoms with Crippen LogP contribution in [0.15, 0.2) is 22.7 Å². The SMILES string of the molecule is Cc1ccc(C(=O)NCCC(=O)NC(C)(C)C)cc1Br. The maximum Gasteiger partial charge on any atom is 0.251 e. The van der Waals surface area contributed by atoms with Gasteiger partial charge in [0.25, 0.3) is 5.91 Å². The number of carbonyl (C=O) groups is 2. The molecule has 0 bridgehead atoms. The Kier molecular flexibility index (Phi) is 5.74. The lowest BCUT2D eigenvalue weighted by Crippen LogP contribution is -2.41. The van der Waals surface area contributed by atoms with Crippen LogP contribution in [0.3, 0.4) is 0 Å². The van der Waals surface area contributed by atoms with Crippen molar-refractivity contribution in [1.82, 2.24) is 10.6 Å². The summed E-state index contributed by atoms with van der Waals surface area (Å²) in [5.74, 6) is -0.239. The average Bonchev–Trinajstić information content (AvgIpc) is 2.30. The van der Waals surface area contributed by atoms with Crippen LogP contribution in [0.5, 0.6) is 0 Å². The fourth-order valence-electron chi connectivity index (χ4n) is 1.61. The second-order valence-electron chi connectivity index (χ2n) is 5.77. The van der Waals surface area contributed by atoms with Crippen molar-refractivity contribution in [2.75, 3.05) is 6.54 Å². The first-order chi connectivity index (χ1) is 9.19. The molecule has 1 rings (SSSR count). The summed E-state index contributed by atoms with van der Waals surface area (Å²) in [4.78, 5) is 23.5. The van der Waals surface area contributed by atoms with Gasteiger partial charge in [-0.05, 0) is 45.4 Å². The minimum absolute atomic E-state index is 0.0668. The molecule has 2 N–H and O–H groups in total. The molecule has 0 atom stereocenters. The highest BCUT2D eigenvalue weighted by Crippen LogP contribution is 2.17. The summed E-state index contributed by atoms with van der Waals surface area (Å²) in [6.07, 6.45) is 0.274. The van der Waals surface area contributed by atoms with Crippen molar-refractivity contribution in [2.45, 2.75) is 39.7 Å². The molecule has 0 spiro atoms. The minimum Gasteiger partial charge on any atom is -0.352 e. The molecular formula is C15H21BrN2O2. The summed E-state index contributed by atoms with van der Waals surface area (Å²) >= 11 is 3.39. The normalized spacial score (nSPS) is 11.1. The van der Waals surface area contributed by atoms with E-state index in [1.165, 1.54) is 0 Å². The number of benzene rings is 1. The van der Waals surface area contributed by atoms with Gasteiger partial charge in [0.2, 0.25) is 5.91 Å². The molecule has 0 radical (unpaired) electrons. The number of carbonyl (C=O) groups excluding carboxylic acids is 2. The molecule has 0 aliphatic carbocycles. The third kappa shape index (κ3) is 5.74. The van der Waals surface area contributed by atoms with Gasteiger partial charge in [0, 0.05) is 28.5 Å². The molecule has 20 heavy (non-hydrogen) atoms. The molecule has 2 amide bonds. The van der Waals surface area contributed by atoms with Crippen molar-refractivity contribution in [2.24, 2.45) is 0 Å². The van der Waals surface area contributed by atoms with E-state index in [9.17, 15) is 9.59 Å². The van der Waals surface area contributed by atoms with Gasteiger partial charge < -0.3 is 10.6 Å². The van der Waals surface area contributed by atoms with Crippen molar-refractivity contribution in [3.05, 3.63) is 33.8 Å². The van der Waals surface area contributed by atoms with E-state index >= 15 is 0 Å². The largest absolute Gasteiger partial charge is 0.352 e. The summed E-state index contributed by atoms with van der Waals surface area (Å²) < 4.78 is 0.899. The molecule has 1 aromatic rings. The highest BCUT2D eigenvalue weighted by atomic mass is 79.9. The van der Waals surface area contributed by atoms with Gasteiger partial charge in [-0.25, -0.2) is 0 Å². The van der Waals surface area contributed by atoms with Crippen LogP contribution in [0.1, 0.15) is 43.1 Å². The topological polar surface area (TPSA) is 58.2 Å². The summed E-state index contributed by atoms with van der Waals surface area (Å²) in [6, 6.07) is 5.43. The molecule has 0 fully saturated rings. The van der Waals surface area contributed by atoms with E-state index in [0.29, 0.717) is 12.1 Å². The smallest absolute Gasteiger partial charge is 0.251 e. The second-order valence-corrected chi connectivity index (χ2v) is 6.62. The lowest BCUT2D eigenvalue weighted by atomic mass is 10.1. The molecule has 0 unspecified atom stereocenters. The molecule has 0 saturated heterocycles. The molecule has 0 aromatic heterocycles. The Labute approximate surface area is 128 Å². The van der Waals surface area contributed by atoms with Gasteiger partial charge >= 0.3 is 0 Å². The standard InChI is InChI=1S/C15H21BrN2O2/c1-10-5-6-11(9-12(10)16)14(20)17-8-7-13(19)18-15(2,3)4/h5-6,9H,7-8H2,1-4H3,(H,17,20)(H,18,19). The van der Waals surface area contributed by atoms with E-state index in [2.05, 4.69) is 26.6 Å². The number of amides is 2. The number of halogens is 1. The Morgan fingerprint density at radius 3 is 2.45 bits per heavy atom. The maximum atomic E-state index is 11.9. The summed E-state index contributed by atoms with van der Waals surface area (Å²) in [5.41, 5.74) is 1.41. The number of rotatable bonds is 4. The van der Waals surface area contributed by atoms with E-state index in [-0.39, 0.29) is 23.8 Å². The Morgan fingerprint density at radius 2 is 1.90 bits per heavy atom. The van der Waals surface area contributed by atoms with Crippen LogP contribution in [0.25, 0.3) is 0 Å². The van der Waals surface area contributed by atoms with Crippen molar-refractivity contribution in [1.29, 1.82) is 0 Å². The fourth-order valence-corrected chi connectivity index (χ4v) is 1.99. The summed E-state index contributed by atoms with van der Waals surface area (Å²) in [6.45, 7) is 8.06. The van der Waals surface area contributed by atoms with Gasteiger partial charge in [0.1, 0.15) is 0 Å². The van der Waals surface area contributed by atoms with Gasteiger partial charge in [0.05, 0.1) is 0 Å². The average molecular weight is 341 g/mol. The number of nitrogens with one attached hydrogen (secondary N) is 2. The molecule has 5 heteroatoms. The number of hydrogen-bond donors (Lipinski definition) is 2. The van der Waals surface area contributed by atoms with E-state index in [1.807, 2.05) is 33.8 Å². The molecule has 1 aromatic carbocycles. The van der Waals surface area contributed by atoms with Crippen LogP contribution >= 0.6 is 15.9 Å². The van der Waals surface area contributed by atoms with Crippen LogP contribution in [0.2, 0.25) is 0 Å². The molecule has 110 valence electrons. The van der Waals surface area contributed by atoms with Crippen molar-refractivity contribution >= 4 is 27.7 Å². The zero-order valence-corrected chi connectivity index (χ0v) is 13.9. The molecule has 0 heterocycles. The van der Waals surface area contributed by atoms with E-state index in [0.717, 1.165) is 10.0 Å². The van der Waals surface area contributed by atoms with E-state index in [1.54, 1.807) is 12.1 Å². The van der Waals surface area contributed by atoms with Gasteiger partial charge in [-0.3, -0.25) is 9.59 Å². The Balaban J connectivity index is 2.44. The number of hydrogen-bond acceptors (Lipinski definition) is 2. The predicted molar refractivity (Wildman–Crippen MR) is 83.7 cm³/mol. The number of aryl methyl sites for hydroxylation is 1. The van der Waals surface area contributed by atoms with Gasteiger partial charge in [-0.15, -0.1) is 0 Å². The first kappa shape index (κ1) is 16.7. The fraction of sp³-hybridized carbons (Fsp3) is 0.467. The Hall–Kier alpha value is -1.36. The Morgan fingerprint density at radius 1 is 1.25 bits per heavy atom. The van der Waals surface area contributed by atoms with Gasteiger partial charge in [-0.1, -0.05) is 22.0 Å². The van der Waals surface area contributed by atoms with Crippen molar-refractivity contribution in [3.63, 3.8) is 0 Å². The highest BCUT2D eigenvalue weighted by molar-refractivity contribution is 9.10. The third-order valence-corrected chi connectivity index (χ3v) is 3.44.